The molecule has 3 nitrogen and oxygen atoms in total. The minimum absolute atomic E-state index is 0.0331. The summed E-state index contributed by atoms with van der Waals surface area (Å²) in [6.45, 7) is 1.95. The van der Waals surface area contributed by atoms with Crippen LogP contribution < -0.4 is 10.8 Å². The van der Waals surface area contributed by atoms with E-state index in [-0.39, 0.29) is 5.91 Å². The smallest absolute Gasteiger partial charge is 0.230 e. The lowest BCUT2D eigenvalue weighted by Gasteiger charge is -1.98. The van der Waals surface area contributed by atoms with Crippen molar-refractivity contribution in [3.05, 3.63) is 17.8 Å². The first-order valence-corrected chi connectivity index (χ1v) is 3.88. The van der Waals surface area contributed by atoms with Gasteiger partial charge in [0.05, 0.1) is 6.42 Å². The average Bonchev–Trinajstić information content (AvgIpc) is 2.43. The van der Waals surface area contributed by atoms with Crippen LogP contribution in [0.5, 0.6) is 0 Å². The number of nitrogens with one attached hydrogen (secondary N) is 1. The average molecular weight is 159 g/mol. The zero-order chi connectivity index (χ0) is 8.55. The van der Waals surface area contributed by atoms with E-state index >= 15 is 0 Å². The zero-order valence-electron chi connectivity index (χ0n) is 6.79. The van der Waals surface area contributed by atoms with E-state index in [2.05, 4.69) is 10.3 Å². The molecule has 4 heteroatoms. The Balaban J connectivity index is 2.41. The standard InChI is InChI=1S/C8H8BN2O/c1-9-6-2-5-3-7(12)11-8(5)10-4-6/h2,4H,3H2,1H3,(H,10,11,12). The summed E-state index contributed by atoms with van der Waals surface area (Å²) in [6.07, 6.45) is 2.22. The maximum Gasteiger partial charge on any atom is 0.230 e. The highest BCUT2D eigenvalue weighted by Gasteiger charge is 2.18. The number of anilines is 1. The molecule has 1 amide bonds. The Morgan fingerprint density at radius 1 is 1.67 bits per heavy atom. The van der Waals surface area contributed by atoms with E-state index < -0.39 is 0 Å². The fraction of sp³-hybridized carbons (Fsp3) is 0.250. The summed E-state index contributed by atoms with van der Waals surface area (Å²) in [5.74, 6) is 0.747. The predicted octanol–water partition coefficient (Wildman–Crippen LogP) is -0.0462. The number of carbonyl (C=O) groups excluding carboxylic acids is 1. The van der Waals surface area contributed by atoms with Gasteiger partial charge in [0.15, 0.2) is 0 Å². The third kappa shape index (κ3) is 1.09. The van der Waals surface area contributed by atoms with Gasteiger partial charge in [0.25, 0.3) is 0 Å². The van der Waals surface area contributed by atoms with Gasteiger partial charge in [0.2, 0.25) is 5.91 Å². The highest BCUT2D eigenvalue weighted by molar-refractivity contribution is 6.51. The van der Waals surface area contributed by atoms with Gasteiger partial charge in [-0.2, -0.15) is 0 Å². The molecule has 1 aromatic heterocycles. The van der Waals surface area contributed by atoms with Gasteiger partial charge in [0, 0.05) is 11.8 Å². The van der Waals surface area contributed by atoms with Crippen molar-refractivity contribution in [3.63, 3.8) is 0 Å². The first-order valence-electron chi connectivity index (χ1n) is 3.88. The lowest BCUT2D eigenvalue weighted by molar-refractivity contribution is -0.115. The third-order valence-corrected chi connectivity index (χ3v) is 1.93. The van der Waals surface area contributed by atoms with E-state index in [1.165, 1.54) is 0 Å². The molecule has 0 spiro atoms. The number of rotatable bonds is 1. The first kappa shape index (κ1) is 7.34. The van der Waals surface area contributed by atoms with Crippen LogP contribution in [0.25, 0.3) is 0 Å². The number of hydrogen-bond acceptors (Lipinski definition) is 2. The molecule has 1 aromatic rings. The lowest BCUT2D eigenvalue weighted by Crippen LogP contribution is -2.11. The molecule has 0 bridgehead atoms. The second-order valence-electron chi connectivity index (χ2n) is 2.79. The Kier molecular flexibility index (Phi) is 1.61. The topological polar surface area (TPSA) is 42.0 Å². The van der Waals surface area contributed by atoms with E-state index in [1.54, 1.807) is 6.20 Å². The maximum atomic E-state index is 10.9. The number of pyridine rings is 1. The summed E-state index contributed by atoms with van der Waals surface area (Å²) in [4.78, 5) is 15.1. The van der Waals surface area contributed by atoms with Crippen LogP contribution in [-0.4, -0.2) is 18.2 Å². The van der Waals surface area contributed by atoms with Crippen LogP contribution >= 0.6 is 0 Å². The SMILES string of the molecule is C[B]c1cnc2c(c1)CC(=O)N2. The third-order valence-electron chi connectivity index (χ3n) is 1.93. The molecule has 1 aliphatic rings. The monoisotopic (exact) mass is 159 g/mol. The van der Waals surface area contributed by atoms with Crippen molar-refractivity contribution in [2.45, 2.75) is 13.2 Å². The van der Waals surface area contributed by atoms with Crippen molar-refractivity contribution in [2.75, 3.05) is 5.32 Å². The van der Waals surface area contributed by atoms with Crippen LogP contribution in [0, 0.1) is 0 Å². The fourth-order valence-corrected chi connectivity index (χ4v) is 1.28. The highest BCUT2D eigenvalue weighted by Crippen LogP contribution is 2.17. The zero-order valence-corrected chi connectivity index (χ0v) is 6.79. The van der Waals surface area contributed by atoms with Crippen LogP contribution in [0.1, 0.15) is 5.56 Å². The molecule has 0 aromatic carbocycles. The van der Waals surface area contributed by atoms with Crippen LogP contribution in [-0.2, 0) is 11.2 Å². The molecule has 0 aliphatic carbocycles. The van der Waals surface area contributed by atoms with E-state index in [4.69, 9.17) is 0 Å². The minimum atomic E-state index is 0.0331. The Morgan fingerprint density at radius 3 is 3.25 bits per heavy atom. The molecule has 2 rings (SSSR count). The van der Waals surface area contributed by atoms with Gasteiger partial charge < -0.3 is 5.32 Å². The molecule has 2 heterocycles. The number of amides is 1. The van der Waals surface area contributed by atoms with Crippen molar-refractivity contribution >= 4 is 24.5 Å². The summed E-state index contributed by atoms with van der Waals surface area (Å²) >= 11 is 0. The molecule has 0 saturated heterocycles. The van der Waals surface area contributed by atoms with Crippen molar-refractivity contribution < 1.29 is 4.79 Å². The molecule has 0 saturated carbocycles. The minimum Gasteiger partial charge on any atom is -0.310 e. The molecule has 1 N–H and O–H groups in total. The summed E-state index contributed by atoms with van der Waals surface area (Å²) < 4.78 is 0. The van der Waals surface area contributed by atoms with Crippen molar-refractivity contribution in [3.8, 4) is 0 Å². The molecule has 0 atom stereocenters. The number of hydrogen-bond donors (Lipinski definition) is 1. The summed E-state index contributed by atoms with van der Waals surface area (Å²) in [5.41, 5.74) is 2.06. The Hall–Kier alpha value is -1.32. The van der Waals surface area contributed by atoms with E-state index in [9.17, 15) is 4.79 Å². The van der Waals surface area contributed by atoms with Gasteiger partial charge in [-0.15, -0.1) is 0 Å². The van der Waals surface area contributed by atoms with E-state index in [0.717, 1.165) is 11.0 Å². The van der Waals surface area contributed by atoms with Gasteiger partial charge in [-0.3, -0.25) is 4.79 Å². The summed E-state index contributed by atoms with van der Waals surface area (Å²) in [5, 5.41) is 2.68. The van der Waals surface area contributed by atoms with Gasteiger partial charge >= 0.3 is 0 Å². The second-order valence-corrected chi connectivity index (χ2v) is 2.79. The number of nitrogens with zero attached hydrogens (tertiary/aromatic N) is 1. The summed E-state index contributed by atoms with van der Waals surface area (Å²) in [6, 6.07) is 1.99. The number of aromatic nitrogens is 1. The number of carbonyl (C=O) groups is 1. The second kappa shape index (κ2) is 2.62. The number of fused-ring (bicyclic) bond motifs is 1. The molecule has 59 valence electrons. The molecule has 0 unspecified atom stereocenters. The fourth-order valence-electron chi connectivity index (χ4n) is 1.28. The molecular weight excluding hydrogens is 151 g/mol. The van der Waals surface area contributed by atoms with E-state index in [1.807, 2.05) is 20.2 Å². The van der Waals surface area contributed by atoms with Crippen LogP contribution in [0.2, 0.25) is 6.82 Å². The Labute approximate surface area is 71.4 Å². The normalized spacial score (nSPS) is 13.9. The summed E-state index contributed by atoms with van der Waals surface area (Å²) in [7, 11) is 1.97. The molecular formula is C8H8BN2O. The van der Waals surface area contributed by atoms with Gasteiger partial charge in [-0.1, -0.05) is 18.4 Å². The molecule has 1 aliphatic heterocycles. The molecule has 1 radical (unpaired) electrons. The van der Waals surface area contributed by atoms with Crippen molar-refractivity contribution in [1.82, 2.24) is 4.98 Å². The molecule has 0 fully saturated rings. The Bertz CT molecular complexity index is 338. The van der Waals surface area contributed by atoms with Crippen molar-refractivity contribution in [1.29, 1.82) is 0 Å². The predicted molar refractivity (Wildman–Crippen MR) is 47.8 cm³/mol. The van der Waals surface area contributed by atoms with Crippen LogP contribution in [0.4, 0.5) is 5.82 Å². The highest BCUT2D eigenvalue weighted by atomic mass is 16.1. The van der Waals surface area contributed by atoms with Gasteiger partial charge in [0.1, 0.15) is 13.1 Å². The maximum absolute atomic E-state index is 10.9. The lowest BCUT2D eigenvalue weighted by atomic mass is 9.74. The molecule has 12 heavy (non-hydrogen) atoms. The van der Waals surface area contributed by atoms with E-state index in [0.29, 0.717) is 12.2 Å². The first-order chi connectivity index (χ1) is 5.79. The van der Waals surface area contributed by atoms with Gasteiger partial charge in [-0.05, 0) is 0 Å². The van der Waals surface area contributed by atoms with Crippen LogP contribution in [0.3, 0.4) is 0 Å². The largest absolute Gasteiger partial charge is 0.310 e. The van der Waals surface area contributed by atoms with Crippen molar-refractivity contribution in [2.24, 2.45) is 0 Å². The quantitative estimate of drug-likeness (QED) is 0.583. The van der Waals surface area contributed by atoms with Crippen LogP contribution in [0.15, 0.2) is 12.3 Å². The Morgan fingerprint density at radius 2 is 2.50 bits per heavy atom. The van der Waals surface area contributed by atoms with Gasteiger partial charge in [-0.25, -0.2) is 4.98 Å².